The third-order valence-electron chi connectivity index (χ3n) is 3.67. The molecule has 24 heavy (non-hydrogen) atoms. The maximum absolute atomic E-state index is 12.0. The van der Waals surface area contributed by atoms with Gasteiger partial charge in [0.25, 0.3) is 0 Å². The van der Waals surface area contributed by atoms with E-state index in [2.05, 4.69) is 6.07 Å². The van der Waals surface area contributed by atoms with Gasteiger partial charge < -0.3 is 4.74 Å². The van der Waals surface area contributed by atoms with Crippen molar-refractivity contribution >= 4 is 5.78 Å². The first kappa shape index (κ1) is 15.5. The zero-order chi connectivity index (χ0) is 16.8. The number of hydrogen-bond acceptors (Lipinski definition) is 3. The molecule has 3 aromatic carbocycles. The van der Waals surface area contributed by atoms with Gasteiger partial charge in [-0.05, 0) is 35.4 Å². The molecule has 3 nitrogen and oxygen atoms in total. The number of Topliss-reactive ketones (excluding diaryl/α,β-unsaturated/α-hetero) is 1. The summed E-state index contributed by atoms with van der Waals surface area (Å²) in [5, 5.41) is 8.83. The molecule has 0 unspecified atom stereocenters. The maximum atomic E-state index is 12.0. The molecule has 0 N–H and O–H groups in total. The topological polar surface area (TPSA) is 50.1 Å². The first-order chi connectivity index (χ1) is 11.8. The molecule has 0 amide bonds. The minimum atomic E-state index is -0.0493. The van der Waals surface area contributed by atoms with E-state index in [-0.39, 0.29) is 12.4 Å². The molecule has 0 radical (unpaired) electrons. The van der Waals surface area contributed by atoms with Crippen molar-refractivity contribution in [1.82, 2.24) is 0 Å². The van der Waals surface area contributed by atoms with E-state index in [9.17, 15) is 4.79 Å². The molecule has 0 spiro atoms. The van der Waals surface area contributed by atoms with Crippen LogP contribution < -0.4 is 4.74 Å². The summed E-state index contributed by atoms with van der Waals surface area (Å²) in [6.07, 6.45) is 0. The summed E-state index contributed by atoms with van der Waals surface area (Å²) in [7, 11) is 0. The Hall–Kier alpha value is -3.38. The highest BCUT2D eigenvalue weighted by atomic mass is 16.5. The van der Waals surface area contributed by atoms with Gasteiger partial charge in [-0.15, -0.1) is 0 Å². The third kappa shape index (κ3) is 3.68. The second-order valence-corrected chi connectivity index (χ2v) is 5.29. The molecule has 0 saturated heterocycles. The molecule has 0 fully saturated rings. The molecule has 0 aliphatic rings. The zero-order valence-corrected chi connectivity index (χ0v) is 13.0. The Morgan fingerprint density at radius 2 is 1.42 bits per heavy atom. The van der Waals surface area contributed by atoms with Gasteiger partial charge in [0, 0.05) is 5.56 Å². The monoisotopic (exact) mass is 313 g/mol. The predicted octanol–water partition coefficient (Wildman–Crippen LogP) is 4.49. The van der Waals surface area contributed by atoms with E-state index in [1.807, 2.05) is 54.6 Å². The smallest absolute Gasteiger partial charge is 0.200 e. The molecule has 0 saturated carbocycles. The van der Waals surface area contributed by atoms with Crippen LogP contribution in [-0.4, -0.2) is 12.4 Å². The van der Waals surface area contributed by atoms with E-state index in [0.29, 0.717) is 16.9 Å². The van der Waals surface area contributed by atoms with Crippen molar-refractivity contribution < 1.29 is 9.53 Å². The standard InChI is InChI=1S/C21H15NO2/c22-14-16-6-8-17(9-7-16)18-10-12-20(13-11-18)24-15-21(23)19-4-2-1-3-5-19/h1-13H,15H2. The lowest BCUT2D eigenvalue weighted by atomic mass is 10.0. The normalized spacial score (nSPS) is 9.96. The molecule has 0 bridgehead atoms. The van der Waals surface area contributed by atoms with Crippen LogP contribution in [0.4, 0.5) is 0 Å². The summed E-state index contributed by atoms with van der Waals surface area (Å²) in [6.45, 7) is 0.0141. The number of benzene rings is 3. The minimum Gasteiger partial charge on any atom is -0.485 e. The van der Waals surface area contributed by atoms with Gasteiger partial charge in [0.1, 0.15) is 5.75 Å². The van der Waals surface area contributed by atoms with Gasteiger partial charge in [-0.25, -0.2) is 0 Å². The molecule has 3 heteroatoms. The van der Waals surface area contributed by atoms with Crippen LogP contribution in [0.1, 0.15) is 15.9 Å². The van der Waals surface area contributed by atoms with Crippen molar-refractivity contribution in [3.8, 4) is 22.9 Å². The van der Waals surface area contributed by atoms with Crippen LogP contribution >= 0.6 is 0 Å². The van der Waals surface area contributed by atoms with Crippen LogP contribution in [0, 0.1) is 11.3 Å². The highest BCUT2D eigenvalue weighted by molar-refractivity contribution is 5.97. The van der Waals surface area contributed by atoms with E-state index in [1.165, 1.54) is 0 Å². The van der Waals surface area contributed by atoms with E-state index in [4.69, 9.17) is 10.00 Å². The fourth-order valence-corrected chi connectivity index (χ4v) is 2.34. The molecule has 116 valence electrons. The van der Waals surface area contributed by atoms with Crippen LogP contribution in [-0.2, 0) is 0 Å². The average molecular weight is 313 g/mol. The lowest BCUT2D eigenvalue weighted by Gasteiger charge is -2.07. The summed E-state index contributed by atoms with van der Waals surface area (Å²) in [5.41, 5.74) is 3.34. The summed E-state index contributed by atoms with van der Waals surface area (Å²) in [5.74, 6) is 0.600. The Balaban J connectivity index is 1.64. The average Bonchev–Trinajstić information content (AvgIpc) is 2.67. The van der Waals surface area contributed by atoms with Gasteiger partial charge in [0.15, 0.2) is 12.4 Å². The van der Waals surface area contributed by atoms with Gasteiger partial charge in [0.2, 0.25) is 0 Å². The lowest BCUT2D eigenvalue weighted by molar-refractivity contribution is 0.0921. The Labute approximate surface area is 140 Å². The van der Waals surface area contributed by atoms with E-state index >= 15 is 0 Å². The third-order valence-corrected chi connectivity index (χ3v) is 3.67. The Morgan fingerprint density at radius 1 is 0.833 bits per heavy atom. The molecular formula is C21H15NO2. The van der Waals surface area contributed by atoms with Gasteiger partial charge in [-0.3, -0.25) is 4.79 Å². The van der Waals surface area contributed by atoms with Crippen molar-refractivity contribution in [2.24, 2.45) is 0 Å². The van der Waals surface area contributed by atoms with Crippen LogP contribution in [0.15, 0.2) is 78.9 Å². The second-order valence-electron chi connectivity index (χ2n) is 5.29. The van der Waals surface area contributed by atoms with E-state index in [1.54, 1.807) is 24.3 Å². The SMILES string of the molecule is N#Cc1ccc(-c2ccc(OCC(=O)c3ccccc3)cc2)cc1. The summed E-state index contributed by atoms with van der Waals surface area (Å²) < 4.78 is 5.56. The summed E-state index contributed by atoms with van der Waals surface area (Å²) >= 11 is 0. The van der Waals surface area contributed by atoms with E-state index in [0.717, 1.165) is 11.1 Å². The molecular weight excluding hydrogens is 298 g/mol. The predicted molar refractivity (Wildman–Crippen MR) is 92.9 cm³/mol. The van der Waals surface area contributed by atoms with Crippen molar-refractivity contribution in [3.05, 3.63) is 90.0 Å². The van der Waals surface area contributed by atoms with Crippen LogP contribution in [0.2, 0.25) is 0 Å². The number of carbonyl (C=O) groups is 1. The largest absolute Gasteiger partial charge is 0.485 e. The van der Waals surface area contributed by atoms with Gasteiger partial charge >= 0.3 is 0 Å². The number of nitriles is 1. The van der Waals surface area contributed by atoms with Gasteiger partial charge in [0.05, 0.1) is 11.6 Å². The number of ketones is 1. The first-order valence-corrected chi connectivity index (χ1v) is 7.58. The lowest BCUT2D eigenvalue weighted by Crippen LogP contribution is -2.11. The number of nitrogens with zero attached hydrogens (tertiary/aromatic N) is 1. The molecule has 0 aromatic heterocycles. The van der Waals surface area contributed by atoms with E-state index < -0.39 is 0 Å². The van der Waals surface area contributed by atoms with Gasteiger partial charge in [-0.2, -0.15) is 5.26 Å². The van der Waals surface area contributed by atoms with Crippen molar-refractivity contribution in [1.29, 1.82) is 5.26 Å². The molecule has 3 rings (SSSR count). The van der Waals surface area contributed by atoms with Crippen LogP contribution in [0.3, 0.4) is 0 Å². The highest BCUT2D eigenvalue weighted by Gasteiger charge is 2.06. The zero-order valence-electron chi connectivity index (χ0n) is 13.0. The molecule has 3 aromatic rings. The molecule has 0 aliphatic carbocycles. The van der Waals surface area contributed by atoms with Crippen molar-refractivity contribution in [2.75, 3.05) is 6.61 Å². The van der Waals surface area contributed by atoms with Crippen LogP contribution in [0.5, 0.6) is 5.75 Å². The Kier molecular flexibility index (Phi) is 4.69. The maximum Gasteiger partial charge on any atom is 0.200 e. The van der Waals surface area contributed by atoms with Crippen molar-refractivity contribution in [2.45, 2.75) is 0 Å². The molecule has 0 heterocycles. The Bertz CT molecular complexity index is 860. The number of ether oxygens (including phenoxy) is 1. The first-order valence-electron chi connectivity index (χ1n) is 7.58. The Morgan fingerprint density at radius 3 is 2.00 bits per heavy atom. The quantitative estimate of drug-likeness (QED) is 0.652. The number of hydrogen-bond donors (Lipinski definition) is 0. The van der Waals surface area contributed by atoms with Crippen molar-refractivity contribution in [3.63, 3.8) is 0 Å². The number of rotatable bonds is 5. The summed E-state index contributed by atoms with van der Waals surface area (Å²) in [6, 6.07) is 26.1. The van der Waals surface area contributed by atoms with Gasteiger partial charge in [-0.1, -0.05) is 54.6 Å². The molecule has 0 aliphatic heterocycles. The molecule has 0 atom stereocenters. The fourth-order valence-electron chi connectivity index (χ4n) is 2.34. The second kappa shape index (κ2) is 7.26. The highest BCUT2D eigenvalue weighted by Crippen LogP contribution is 2.22. The fraction of sp³-hybridized carbons (Fsp3) is 0.0476. The number of carbonyl (C=O) groups excluding carboxylic acids is 1. The summed E-state index contributed by atoms with van der Waals surface area (Å²) in [4.78, 5) is 12.0. The van der Waals surface area contributed by atoms with Crippen LogP contribution in [0.25, 0.3) is 11.1 Å². The minimum absolute atomic E-state index is 0.0141.